The normalized spacial score (nSPS) is 11.2. The van der Waals surface area contributed by atoms with Gasteiger partial charge in [-0.25, -0.2) is 0 Å². The zero-order valence-corrected chi connectivity index (χ0v) is 11.2. The molecule has 0 spiro atoms. The third-order valence-electron chi connectivity index (χ3n) is 2.49. The molecule has 0 bridgehead atoms. The van der Waals surface area contributed by atoms with Crippen molar-refractivity contribution in [2.24, 2.45) is 5.41 Å². The summed E-state index contributed by atoms with van der Waals surface area (Å²) in [5.41, 5.74) is -1.86. The second-order valence-electron chi connectivity index (χ2n) is 5.17. The molecule has 0 heterocycles. The van der Waals surface area contributed by atoms with Crippen molar-refractivity contribution in [1.29, 1.82) is 0 Å². The number of nitro benzene ring substituents is 1. The first-order valence-corrected chi connectivity index (χ1v) is 5.64. The molecule has 0 fully saturated rings. The molecule has 0 atom stereocenters. The Kier molecular flexibility index (Phi) is 4.07. The number of aromatic hydroxyl groups is 3. The first-order chi connectivity index (χ1) is 9.05. The van der Waals surface area contributed by atoms with E-state index in [4.69, 9.17) is 4.74 Å². The molecule has 110 valence electrons. The van der Waals surface area contributed by atoms with Gasteiger partial charge in [0.25, 0.3) is 5.69 Å². The standard InChI is InChI=1S/C12H15NO7/c1-12(2,3)11(17)20-5-6-7(13(18)19)4-8(14)10(16)9(6)15/h4,14-16H,5H2,1-3H3. The molecule has 1 rings (SSSR count). The van der Waals surface area contributed by atoms with Gasteiger partial charge in [0, 0.05) is 0 Å². The van der Waals surface area contributed by atoms with E-state index in [1.165, 1.54) is 0 Å². The maximum absolute atomic E-state index is 11.6. The molecular formula is C12H15NO7. The van der Waals surface area contributed by atoms with Gasteiger partial charge in [-0.2, -0.15) is 0 Å². The van der Waals surface area contributed by atoms with Gasteiger partial charge in [0.15, 0.2) is 11.5 Å². The number of nitrogens with zero attached hydrogens (tertiary/aromatic N) is 1. The molecule has 0 aliphatic rings. The fourth-order valence-corrected chi connectivity index (χ4v) is 1.33. The third-order valence-corrected chi connectivity index (χ3v) is 2.49. The number of hydrogen-bond donors (Lipinski definition) is 3. The Morgan fingerprint density at radius 3 is 2.30 bits per heavy atom. The van der Waals surface area contributed by atoms with E-state index in [9.17, 15) is 30.2 Å². The van der Waals surface area contributed by atoms with E-state index in [1.807, 2.05) is 0 Å². The molecule has 0 saturated carbocycles. The largest absolute Gasteiger partial charge is 0.504 e. The number of rotatable bonds is 3. The zero-order chi connectivity index (χ0) is 15.7. The van der Waals surface area contributed by atoms with Crippen molar-refractivity contribution in [3.63, 3.8) is 0 Å². The predicted molar refractivity (Wildman–Crippen MR) is 67.3 cm³/mol. The minimum Gasteiger partial charge on any atom is -0.504 e. The minimum absolute atomic E-state index is 0.386. The van der Waals surface area contributed by atoms with Gasteiger partial charge < -0.3 is 20.1 Å². The molecule has 1 aromatic carbocycles. The Bertz CT molecular complexity index is 560. The molecule has 0 amide bonds. The van der Waals surface area contributed by atoms with Crippen LogP contribution in [0.25, 0.3) is 0 Å². The summed E-state index contributed by atoms with van der Waals surface area (Å²) in [5.74, 6) is -3.25. The Hall–Kier alpha value is -2.51. The lowest BCUT2D eigenvalue weighted by atomic mass is 9.97. The van der Waals surface area contributed by atoms with Crippen LogP contribution >= 0.6 is 0 Å². The van der Waals surface area contributed by atoms with Gasteiger partial charge in [-0.3, -0.25) is 14.9 Å². The van der Waals surface area contributed by atoms with E-state index in [1.54, 1.807) is 20.8 Å². The quantitative estimate of drug-likeness (QED) is 0.334. The number of ether oxygens (including phenoxy) is 1. The third kappa shape index (κ3) is 3.08. The highest BCUT2D eigenvalue weighted by Gasteiger charge is 2.28. The van der Waals surface area contributed by atoms with Crippen LogP contribution < -0.4 is 0 Å². The number of nitro groups is 1. The number of phenols is 3. The van der Waals surface area contributed by atoms with Gasteiger partial charge in [-0.15, -0.1) is 0 Å². The fraction of sp³-hybridized carbons (Fsp3) is 0.417. The second kappa shape index (κ2) is 5.24. The summed E-state index contributed by atoms with van der Waals surface area (Å²) in [4.78, 5) is 21.6. The fourth-order valence-electron chi connectivity index (χ4n) is 1.33. The van der Waals surface area contributed by atoms with Crippen LogP contribution in [0.1, 0.15) is 26.3 Å². The van der Waals surface area contributed by atoms with Gasteiger partial charge in [0.2, 0.25) is 5.75 Å². The van der Waals surface area contributed by atoms with Crippen molar-refractivity contribution in [3.8, 4) is 17.2 Å². The molecule has 0 radical (unpaired) electrons. The van der Waals surface area contributed by atoms with Crippen LogP contribution in [0, 0.1) is 15.5 Å². The topological polar surface area (TPSA) is 130 Å². The van der Waals surface area contributed by atoms with Gasteiger partial charge in [0.05, 0.1) is 16.4 Å². The predicted octanol–water partition coefficient (Wildman–Crippen LogP) is 1.80. The summed E-state index contributed by atoms with van der Waals surface area (Å²) in [6, 6.07) is 0.676. The van der Waals surface area contributed by atoms with Crippen molar-refractivity contribution in [2.75, 3.05) is 0 Å². The van der Waals surface area contributed by atoms with Crippen LogP contribution in [-0.2, 0) is 16.1 Å². The number of benzene rings is 1. The van der Waals surface area contributed by atoms with Gasteiger partial charge in [-0.1, -0.05) is 0 Å². The lowest BCUT2D eigenvalue weighted by molar-refractivity contribution is -0.386. The van der Waals surface area contributed by atoms with Crippen molar-refractivity contribution in [2.45, 2.75) is 27.4 Å². The number of hydrogen-bond acceptors (Lipinski definition) is 7. The molecule has 0 saturated heterocycles. The van der Waals surface area contributed by atoms with Gasteiger partial charge in [-0.05, 0) is 20.8 Å². The van der Waals surface area contributed by atoms with Crippen LogP contribution in [0.4, 0.5) is 5.69 Å². The highest BCUT2D eigenvalue weighted by atomic mass is 16.6. The highest BCUT2D eigenvalue weighted by Crippen LogP contribution is 2.43. The van der Waals surface area contributed by atoms with Gasteiger partial charge >= 0.3 is 5.97 Å². The van der Waals surface area contributed by atoms with Crippen LogP contribution in [0.15, 0.2) is 6.07 Å². The molecule has 0 aromatic heterocycles. The average Bonchev–Trinajstić information content (AvgIpc) is 2.32. The van der Waals surface area contributed by atoms with Crippen molar-refractivity contribution >= 4 is 11.7 Å². The molecule has 8 heteroatoms. The van der Waals surface area contributed by atoms with E-state index >= 15 is 0 Å². The monoisotopic (exact) mass is 285 g/mol. The first-order valence-electron chi connectivity index (χ1n) is 5.64. The molecule has 20 heavy (non-hydrogen) atoms. The number of carbonyl (C=O) groups is 1. The van der Waals surface area contributed by atoms with E-state index in [2.05, 4.69) is 0 Å². The molecule has 0 aliphatic heterocycles. The average molecular weight is 285 g/mol. The SMILES string of the molecule is CC(C)(C)C(=O)OCc1c([N+](=O)[O-])cc(O)c(O)c1O. The minimum atomic E-state index is -0.905. The molecule has 0 aliphatic carbocycles. The summed E-state index contributed by atoms with van der Waals surface area (Å²) in [7, 11) is 0. The number of esters is 1. The maximum Gasteiger partial charge on any atom is 0.311 e. The second-order valence-corrected chi connectivity index (χ2v) is 5.17. The van der Waals surface area contributed by atoms with Crippen LogP contribution in [0.2, 0.25) is 0 Å². The lowest BCUT2D eigenvalue weighted by Crippen LogP contribution is -2.22. The van der Waals surface area contributed by atoms with E-state index < -0.39 is 45.9 Å². The summed E-state index contributed by atoms with van der Waals surface area (Å²) >= 11 is 0. The highest BCUT2D eigenvalue weighted by molar-refractivity contribution is 5.75. The Balaban J connectivity index is 3.15. The van der Waals surface area contributed by atoms with E-state index in [-0.39, 0.29) is 5.56 Å². The smallest absolute Gasteiger partial charge is 0.311 e. The Morgan fingerprint density at radius 2 is 1.85 bits per heavy atom. The lowest BCUT2D eigenvalue weighted by Gasteiger charge is -2.17. The maximum atomic E-state index is 11.6. The summed E-state index contributed by atoms with van der Waals surface area (Å²) < 4.78 is 4.86. The Labute approximate surface area is 114 Å². The zero-order valence-electron chi connectivity index (χ0n) is 11.2. The van der Waals surface area contributed by atoms with Crippen molar-refractivity contribution in [1.82, 2.24) is 0 Å². The van der Waals surface area contributed by atoms with E-state index in [0.29, 0.717) is 6.07 Å². The number of phenolic OH excluding ortho intramolecular Hbond substituents is 3. The summed E-state index contributed by atoms with van der Waals surface area (Å²) in [5, 5.41) is 39.1. The first kappa shape index (κ1) is 15.5. The van der Waals surface area contributed by atoms with Crippen molar-refractivity contribution < 1.29 is 29.8 Å². The van der Waals surface area contributed by atoms with Crippen LogP contribution in [0.5, 0.6) is 17.2 Å². The molecule has 0 unspecified atom stereocenters. The van der Waals surface area contributed by atoms with Crippen LogP contribution in [0.3, 0.4) is 0 Å². The summed E-state index contributed by atoms with van der Waals surface area (Å²) in [6.45, 7) is 4.19. The molecule has 1 aromatic rings. The molecule has 3 N–H and O–H groups in total. The summed E-state index contributed by atoms with van der Waals surface area (Å²) in [6.07, 6.45) is 0. The molecule has 8 nitrogen and oxygen atoms in total. The van der Waals surface area contributed by atoms with Crippen LogP contribution in [-0.4, -0.2) is 26.2 Å². The number of carbonyl (C=O) groups excluding carboxylic acids is 1. The van der Waals surface area contributed by atoms with Crippen molar-refractivity contribution in [3.05, 3.63) is 21.7 Å². The van der Waals surface area contributed by atoms with E-state index in [0.717, 1.165) is 0 Å². The molecular weight excluding hydrogens is 270 g/mol. The van der Waals surface area contributed by atoms with Gasteiger partial charge in [0.1, 0.15) is 12.2 Å². The Morgan fingerprint density at radius 1 is 1.30 bits per heavy atom.